The Kier molecular flexibility index (Phi) is 4.56. The highest BCUT2D eigenvalue weighted by atomic mass is 79.9. The smallest absolute Gasteiger partial charge is 0.203 e. The predicted octanol–water partition coefficient (Wildman–Crippen LogP) is 4.25. The number of carbonyl (C=O) groups excluding carboxylic acids is 1. The molecular formula is C17H12BrNO2. The number of rotatable bonds is 3. The van der Waals surface area contributed by atoms with Crippen LogP contribution >= 0.6 is 15.9 Å². The second-order valence-electron chi connectivity index (χ2n) is 4.58. The van der Waals surface area contributed by atoms with Gasteiger partial charge in [0.2, 0.25) is 5.78 Å². The number of ketones is 1. The van der Waals surface area contributed by atoms with Crippen molar-refractivity contribution in [2.24, 2.45) is 0 Å². The summed E-state index contributed by atoms with van der Waals surface area (Å²) in [4.78, 5) is 12.3. The molecular weight excluding hydrogens is 330 g/mol. The SMILES string of the molecule is Cc1cccc(C(=O)/C(C#N)=C\c2ccc(O)c(Br)c2)c1. The highest BCUT2D eigenvalue weighted by Crippen LogP contribution is 2.25. The van der Waals surface area contributed by atoms with Crippen LogP contribution in [0.15, 0.2) is 52.5 Å². The van der Waals surface area contributed by atoms with Gasteiger partial charge in [-0.2, -0.15) is 5.26 Å². The van der Waals surface area contributed by atoms with Crippen molar-refractivity contribution in [2.75, 3.05) is 0 Å². The molecule has 0 heterocycles. The van der Waals surface area contributed by atoms with E-state index in [9.17, 15) is 15.2 Å². The van der Waals surface area contributed by atoms with E-state index in [1.807, 2.05) is 19.1 Å². The predicted molar refractivity (Wildman–Crippen MR) is 84.9 cm³/mol. The topological polar surface area (TPSA) is 61.1 Å². The zero-order chi connectivity index (χ0) is 15.4. The van der Waals surface area contributed by atoms with E-state index in [-0.39, 0.29) is 17.1 Å². The van der Waals surface area contributed by atoms with Gasteiger partial charge in [-0.05, 0) is 52.7 Å². The maximum atomic E-state index is 12.3. The number of phenolic OH excluding ortho intramolecular Hbond substituents is 1. The molecule has 0 saturated heterocycles. The zero-order valence-electron chi connectivity index (χ0n) is 11.3. The summed E-state index contributed by atoms with van der Waals surface area (Å²) in [5.74, 6) is -0.207. The van der Waals surface area contributed by atoms with E-state index in [4.69, 9.17) is 0 Å². The van der Waals surface area contributed by atoms with Crippen LogP contribution in [0.3, 0.4) is 0 Å². The van der Waals surface area contributed by atoms with Gasteiger partial charge in [-0.1, -0.05) is 29.8 Å². The normalized spacial score (nSPS) is 11.0. The molecule has 2 aromatic rings. The molecule has 0 spiro atoms. The summed E-state index contributed by atoms with van der Waals surface area (Å²) >= 11 is 3.20. The van der Waals surface area contributed by atoms with E-state index in [1.165, 1.54) is 12.1 Å². The number of allylic oxidation sites excluding steroid dienone is 1. The average Bonchev–Trinajstić information content (AvgIpc) is 2.47. The molecule has 4 heteroatoms. The van der Waals surface area contributed by atoms with Gasteiger partial charge in [-0.15, -0.1) is 0 Å². The molecule has 0 aliphatic carbocycles. The minimum absolute atomic E-state index is 0.0539. The molecule has 0 saturated carbocycles. The van der Waals surface area contributed by atoms with Crippen LogP contribution in [0, 0.1) is 18.3 Å². The Morgan fingerprint density at radius 3 is 2.67 bits per heavy atom. The first-order valence-corrected chi connectivity index (χ1v) is 7.02. The van der Waals surface area contributed by atoms with Gasteiger partial charge in [-0.25, -0.2) is 0 Å². The number of phenols is 1. The van der Waals surface area contributed by atoms with E-state index in [0.29, 0.717) is 15.6 Å². The summed E-state index contributed by atoms with van der Waals surface area (Å²) < 4.78 is 0.511. The minimum Gasteiger partial charge on any atom is -0.507 e. The molecule has 0 bridgehead atoms. The van der Waals surface area contributed by atoms with Crippen molar-refractivity contribution >= 4 is 27.8 Å². The first-order chi connectivity index (χ1) is 10.0. The standard InChI is InChI=1S/C17H12BrNO2/c1-11-3-2-4-13(7-11)17(21)14(10-19)8-12-5-6-16(20)15(18)9-12/h2-9,20H,1H3/b14-8-. The Bertz CT molecular complexity index is 773. The summed E-state index contributed by atoms with van der Waals surface area (Å²) in [5, 5.41) is 18.7. The first-order valence-electron chi connectivity index (χ1n) is 6.23. The third-order valence-electron chi connectivity index (χ3n) is 2.93. The lowest BCUT2D eigenvalue weighted by molar-refractivity contribution is 0.104. The maximum Gasteiger partial charge on any atom is 0.203 e. The largest absolute Gasteiger partial charge is 0.507 e. The second kappa shape index (κ2) is 6.38. The van der Waals surface area contributed by atoms with Crippen LogP contribution in [-0.2, 0) is 0 Å². The fourth-order valence-corrected chi connectivity index (χ4v) is 2.27. The van der Waals surface area contributed by atoms with Gasteiger partial charge in [0.15, 0.2) is 0 Å². The molecule has 0 aromatic heterocycles. The summed E-state index contributed by atoms with van der Waals surface area (Å²) in [6, 6.07) is 13.8. The summed E-state index contributed by atoms with van der Waals surface area (Å²) in [5.41, 5.74) is 2.17. The van der Waals surface area contributed by atoms with Gasteiger partial charge < -0.3 is 5.11 Å². The Morgan fingerprint density at radius 1 is 1.29 bits per heavy atom. The number of nitrogens with zero attached hydrogens (tertiary/aromatic N) is 1. The van der Waals surface area contributed by atoms with Crippen molar-refractivity contribution in [1.82, 2.24) is 0 Å². The molecule has 2 aromatic carbocycles. The van der Waals surface area contributed by atoms with Crippen LogP contribution in [0.1, 0.15) is 21.5 Å². The number of Topliss-reactive ketones (excluding diaryl/α,β-unsaturated/α-hetero) is 1. The van der Waals surface area contributed by atoms with E-state index in [2.05, 4.69) is 15.9 Å². The van der Waals surface area contributed by atoms with E-state index < -0.39 is 0 Å². The molecule has 104 valence electrons. The van der Waals surface area contributed by atoms with Gasteiger partial charge in [0.1, 0.15) is 17.4 Å². The van der Waals surface area contributed by atoms with Gasteiger partial charge in [0, 0.05) is 5.56 Å². The van der Waals surface area contributed by atoms with Crippen molar-refractivity contribution in [1.29, 1.82) is 5.26 Å². The van der Waals surface area contributed by atoms with Gasteiger partial charge in [0.05, 0.1) is 4.47 Å². The molecule has 0 aliphatic rings. The van der Waals surface area contributed by atoms with E-state index in [1.54, 1.807) is 30.3 Å². The van der Waals surface area contributed by atoms with Crippen molar-refractivity contribution in [3.05, 3.63) is 69.2 Å². The molecule has 0 atom stereocenters. The fourth-order valence-electron chi connectivity index (χ4n) is 1.87. The number of hydrogen-bond acceptors (Lipinski definition) is 3. The molecule has 21 heavy (non-hydrogen) atoms. The van der Waals surface area contributed by atoms with Crippen molar-refractivity contribution in [3.8, 4) is 11.8 Å². The summed E-state index contributed by atoms with van der Waals surface area (Å²) in [6.45, 7) is 1.89. The van der Waals surface area contributed by atoms with Crippen LogP contribution in [0.4, 0.5) is 0 Å². The van der Waals surface area contributed by atoms with Gasteiger partial charge >= 0.3 is 0 Å². The van der Waals surface area contributed by atoms with E-state index >= 15 is 0 Å². The van der Waals surface area contributed by atoms with Crippen molar-refractivity contribution in [3.63, 3.8) is 0 Å². The molecule has 0 fully saturated rings. The third-order valence-corrected chi connectivity index (χ3v) is 3.56. The lowest BCUT2D eigenvalue weighted by atomic mass is 10.0. The molecule has 0 aliphatic heterocycles. The number of aromatic hydroxyl groups is 1. The Morgan fingerprint density at radius 2 is 2.05 bits per heavy atom. The summed E-state index contributed by atoms with van der Waals surface area (Å²) in [7, 11) is 0. The highest BCUT2D eigenvalue weighted by molar-refractivity contribution is 9.10. The molecule has 0 amide bonds. The van der Waals surface area contributed by atoms with Crippen LogP contribution < -0.4 is 0 Å². The van der Waals surface area contributed by atoms with Gasteiger partial charge in [-0.3, -0.25) is 4.79 Å². The van der Waals surface area contributed by atoms with Crippen LogP contribution in [0.25, 0.3) is 6.08 Å². The third kappa shape index (κ3) is 3.59. The van der Waals surface area contributed by atoms with Crippen LogP contribution in [-0.4, -0.2) is 10.9 Å². The number of halogens is 1. The maximum absolute atomic E-state index is 12.3. The first kappa shape index (κ1) is 15.0. The molecule has 0 unspecified atom stereocenters. The zero-order valence-corrected chi connectivity index (χ0v) is 12.9. The molecule has 0 radical (unpaired) electrons. The second-order valence-corrected chi connectivity index (χ2v) is 5.43. The average molecular weight is 342 g/mol. The lowest BCUT2D eigenvalue weighted by Crippen LogP contribution is -2.02. The number of hydrogen-bond donors (Lipinski definition) is 1. The Balaban J connectivity index is 2.39. The van der Waals surface area contributed by atoms with Crippen LogP contribution in [0.2, 0.25) is 0 Å². The molecule has 3 nitrogen and oxygen atoms in total. The number of carbonyl (C=O) groups is 1. The van der Waals surface area contributed by atoms with Crippen LogP contribution in [0.5, 0.6) is 5.75 Å². The highest BCUT2D eigenvalue weighted by Gasteiger charge is 2.12. The molecule has 2 rings (SSSR count). The van der Waals surface area contributed by atoms with Gasteiger partial charge in [0.25, 0.3) is 0 Å². The monoisotopic (exact) mass is 341 g/mol. The minimum atomic E-state index is -0.314. The quantitative estimate of drug-likeness (QED) is 0.515. The van der Waals surface area contributed by atoms with E-state index in [0.717, 1.165) is 5.56 Å². The number of benzene rings is 2. The fraction of sp³-hybridized carbons (Fsp3) is 0.0588. The Hall–Kier alpha value is -2.38. The number of nitriles is 1. The van der Waals surface area contributed by atoms with Crippen molar-refractivity contribution in [2.45, 2.75) is 6.92 Å². The molecule has 1 N–H and O–H groups in total. The number of aryl methyl sites for hydroxylation is 1. The lowest BCUT2D eigenvalue weighted by Gasteiger charge is -2.02. The van der Waals surface area contributed by atoms with Crippen molar-refractivity contribution < 1.29 is 9.90 Å². The summed E-state index contributed by atoms with van der Waals surface area (Å²) in [6.07, 6.45) is 1.51. The Labute approximate surface area is 131 Å².